The van der Waals surface area contributed by atoms with Crippen molar-refractivity contribution in [2.24, 2.45) is 17.0 Å². The third-order valence-corrected chi connectivity index (χ3v) is 4.31. The standard InChI is InChI=1S/C15H20N2O3S/c1-11(2)13(10-21(16,18)19)9-20-14-7-12-5-3-4-6-15(12)17-8-14/h3-8,11,13H,9-10H2,1-2H3,(H2,16,18,19). The molecule has 1 heterocycles. The zero-order valence-electron chi connectivity index (χ0n) is 12.2. The van der Waals surface area contributed by atoms with Gasteiger partial charge in [0.2, 0.25) is 10.0 Å². The molecule has 0 radical (unpaired) electrons. The van der Waals surface area contributed by atoms with E-state index < -0.39 is 10.0 Å². The number of primary sulfonamides is 1. The monoisotopic (exact) mass is 308 g/mol. The average Bonchev–Trinajstić information content (AvgIpc) is 2.41. The van der Waals surface area contributed by atoms with E-state index in [9.17, 15) is 8.42 Å². The molecule has 2 N–H and O–H groups in total. The van der Waals surface area contributed by atoms with Gasteiger partial charge in [0.1, 0.15) is 5.75 Å². The molecule has 0 aliphatic carbocycles. The van der Waals surface area contributed by atoms with Crippen LogP contribution in [0.5, 0.6) is 5.75 Å². The lowest BCUT2D eigenvalue weighted by molar-refractivity contribution is 0.224. The number of benzene rings is 1. The Morgan fingerprint density at radius 3 is 2.67 bits per heavy atom. The van der Waals surface area contributed by atoms with Crippen LogP contribution in [-0.4, -0.2) is 25.8 Å². The molecular formula is C15H20N2O3S. The number of rotatable bonds is 6. The van der Waals surface area contributed by atoms with Gasteiger partial charge in [0.25, 0.3) is 0 Å². The maximum Gasteiger partial charge on any atom is 0.209 e. The molecule has 6 heteroatoms. The van der Waals surface area contributed by atoms with Crippen LogP contribution in [-0.2, 0) is 10.0 Å². The Labute approximate surface area is 125 Å². The third kappa shape index (κ3) is 4.68. The number of nitrogens with two attached hydrogens (primary N) is 1. The number of aromatic nitrogens is 1. The molecule has 0 fully saturated rings. The largest absolute Gasteiger partial charge is 0.492 e. The third-order valence-electron chi connectivity index (χ3n) is 3.42. The molecule has 21 heavy (non-hydrogen) atoms. The first-order valence-corrected chi connectivity index (χ1v) is 8.55. The molecule has 0 aliphatic rings. The topological polar surface area (TPSA) is 82.3 Å². The van der Waals surface area contributed by atoms with Crippen LogP contribution in [0.1, 0.15) is 13.8 Å². The predicted octanol–water partition coefficient (Wildman–Crippen LogP) is 2.17. The van der Waals surface area contributed by atoms with E-state index in [1.807, 2.05) is 44.2 Å². The van der Waals surface area contributed by atoms with Gasteiger partial charge in [-0.1, -0.05) is 32.0 Å². The summed E-state index contributed by atoms with van der Waals surface area (Å²) < 4.78 is 28.2. The number of para-hydroxylation sites is 1. The van der Waals surface area contributed by atoms with Crippen molar-refractivity contribution < 1.29 is 13.2 Å². The van der Waals surface area contributed by atoms with Crippen LogP contribution < -0.4 is 9.88 Å². The van der Waals surface area contributed by atoms with Gasteiger partial charge in [-0.15, -0.1) is 0 Å². The number of fused-ring (bicyclic) bond motifs is 1. The minimum atomic E-state index is -3.50. The second-order valence-corrected chi connectivity index (χ2v) is 7.17. The summed E-state index contributed by atoms with van der Waals surface area (Å²) in [4.78, 5) is 4.31. The van der Waals surface area contributed by atoms with E-state index in [1.165, 1.54) is 0 Å². The number of sulfonamides is 1. The zero-order valence-corrected chi connectivity index (χ0v) is 13.0. The van der Waals surface area contributed by atoms with Gasteiger partial charge in [-0.25, -0.2) is 13.6 Å². The van der Waals surface area contributed by atoms with Crippen molar-refractivity contribution in [2.45, 2.75) is 13.8 Å². The van der Waals surface area contributed by atoms with E-state index in [2.05, 4.69) is 4.98 Å². The van der Waals surface area contributed by atoms with Gasteiger partial charge < -0.3 is 4.74 Å². The molecule has 0 aliphatic heterocycles. The van der Waals surface area contributed by atoms with Crippen molar-refractivity contribution in [3.63, 3.8) is 0 Å². The van der Waals surface area contributed by atoms with Crippen LogP contribution in [0.2, 0.25) is 0 Å². The molecule has 1 atom stereocenters. The summed E-state index contributed by atoms with van der Waals surface area (Å²) in [6, 6.07) is 9.65. The van der Waals surface area contributed by atoms with Gasteiger partial charge in [0.05, 0.1) is 24.1 Å². The highest BCUT2D eigenvalue weighted by Gasteiger charge is 2.20. The Kier molecular flexibility index (Phi) is 4.80. The summed E-state index contributed by atoms with van der Waals surface area (Å²) in [6.45, 7) is 4.21. The summed E-state index contributed by atoms with van der Waals surface area (Å²) in [5, 5.41) is 6.11. The quantitative estimate of drug-likeness (QED) is 0.886. The maximum absolute atomic E-state index is 11.2. The molecule has 0 saturated heterocycles. The number of pyridine rings is 1. The molecule has 1 unspecified atom stereocenters. The first kappa shape index (κ1) is 15.7. The molecule has 0 amide bonds. The summed E-state index contributed by atoms with van der Waals surface area (Å²) in [5.74, 6) is 0.572. The second kappa shape index (κ2) is 6.41. The minimum Gasteiger partial charge on any atom is -0.492 e. The molecule has 0 saturated carbocycles. The number of hydrogen-bond donors (Lipinski definition) is 1. The molecule has 0 bridgehead atoms. The molecule has 5 nitrogen and oxygen atoms in total. The Hall–Kier alpha value is -1.66. The van der Waals surface area contributed by atoms with Gasteiger partial charge in [-0.3, -0.25) is 4.98 Å². The highest BCUT2D eigenvalue weighted by atomic mass is 32.2. The summed E-state index contributed by atoms with van der Waals surface area (Å²) >= 11 is 0. The fraction of sp³-hybridized carbons (Fsp3) is 0.400. The fourth-order valence-electron chi connectivity index (χ4n) is 2.06. The smallest absolute Gasteiger partial charge is 0.209 e. The normalized spacial score (nSPS) is 13.5. The van der Waals surface area contributed by atoms with Crippen LogP contribution in [0.4, 0.5) is 0 Å². The highest BCUT2D eigenvalue weighted by Crippen LogP contribution is 2.20. The van der Waals surface area contributed by atoms with E-state index in [4.69, 9.17) is 9.88 Å². The van der Waals surface area contributed by atoms with Gasteiger partial charge in [0, 0.05) is 11.3 Å². The van der Waals surface area contributed by atoms with Crippen LogP contribution in [0.15, 0.2) is 36.5 Å². The summed E-state index contributed by atoms with van der Waals surface area (Å²) in [7, 11) is -3.50. The van der Waals surface area contributed by atoms with Crippen LogP contribution in [0, 0.1) is 11.8 Å². The molecular weight excluding hydrogens is 288 g/mol. The number of ether oxygens (including phenoxy) is 1. The zero-order chi connectivity index (χ0) is 15.5. The van der Waals surface area contributed by atoms with Crippen molar-refractivity contribution in [3.05, 3.63) is 36.5 Å². The SMILES string of the molecule is CC(C)C(COc1cnc2ccccc2c1)CS(N)(=O)=O. The minimum absolute atomic E-state index is 0.0777. The number of nitrogens with zero attached hydrogens (tertiary/aromatic N) is 1. The Morgan fingerprint density at radius 2 is 2.00 bits per heavy atom. The Morgan fingerprint density at radius 1 is 1.29 bits per heavy atom. The van der Waals surface area contributed by atoms with Gasteiger partial charge in [0.15, 0.2) is 0 Å². The number of hydrogen-bond acceptors (Lipinski definition) is 4. The highest BCUT2D eigenvalue weighted by molar-refractivity contribution is 7.89. The molecule has 2 rings (SSSR count). The Balaban J connectivity index is 2.08. The first-order chi connectivity index (χ1) is 9.85. The van der Waals surface area contributed by atoms with Crippen LogP contribution >= 0.6 is 0 Å². The van der Waals surface area contributed by atoms with Crippen LogP contribution in [0.3, 0.4) is 0 Å². The van der Waals surface area contributed by atoms with Gasteiger partial charge >= 0.3 is 0 Å². The fourth-order valence-corrected chi connectivity index (χ4v) is 3.14. The molecule has 1 aromatic heterocycles. The lowest BCUT2D eigenvalue weighted by atomic mass is 9.99. The molecule has 0 spiro atoms. The summed E-state index contributed by atoms with van der Waals surface area (Å²) in [5.41, 5.74) is 0.898. The summed E-state index contributed by atoms with van der Waals surface area (Å²) in [6.07, 6.45) is 1.65. The van der Waals surface area contributed by atoms with Gasteiger partial charge in [-0.05, 0) is 18.1 Å². The first-order valence-electron chi connectivity index (χ1n) is 6.83. The lowest BCUT2D eigenvalue weighted by Gasteiger charge is -2.20. The predicted molar refractivity (Wildman–Crippen MR) is 83.5 cm³/mol. The van der Waals surface area contributed by atoms with E-state index in [0.29, 0.717) is 12.4 Å². The van der Waals surface area contributed by atoms with E-state index in [-0.39, 0.29) is 17.6 Å². The van der Waals surface area contributed by atoms with E-state index >= 15 is 0 Å². The van der Waals surface area contributed by atoms with Crippen molar-refractivity contribution in [1.82, 2.24) is 4.98 Å². The van der Waals surface area contributed by atoms with E-state index in [1.54, 1.807) is 6.20 Å². The van der Waals surface area contributed by atoms with Crippen molar-refractivity contribution in [3.8, 4) is 5.75 Å². The van der Waals surface area contributed by atoms with Gasteiger partial charge in [-0.2, -0.15) is 0 Å². The molecule has 2 aromatic rings. The van der Waals surface area contributed by atoms with Crippen molar-refractivity contribution >= 4 is 20.9 Å². The lowest BCUT2D eigenvalue weighted by Crippen LogP contribution is -2.30. The average molecular weight is 308 g/mol. The molecule has 114 valence electrons. The molecule has 1 aromatic carbocycles. The van der Waals surface area contributed by atoms with Crippen molar-refractivity contribution in [1.29, 1.82) is 0 Å². The maximum atomic E-state index is 11.2. The van der Waals surface area contributed by atoms with Crippen molar-refractivity contribution in [2.75, 3.05) is 12.4 Å². The Bertz CT molecular complexity index is 714. The van der Waals surface area contributed by atoms with Crippen LogP contribution in [0.25, 0.3) is 10.9 Å². The van der Waals surface area contributed by atoms with E-state index in [0.717, 1.165) is 10.9 Å². The second-order valence-electron chi connectivity index (χ2n) is 5.51.